The number of halogens is 2. The second-order valence-electron chi connectivity index (χ2n) is 1.60. The Hall–Kier alpha value is 0.980. The summed E-state index contributed by atoms with van der Waals surface area (Å²) < 4.78 is 2.94. The number of hydrogen-bond donors (Lipinski definition) is 0. The fraction of sp³-hybridized carbons (Fsp3) is 1.00. The van der Waals surface area contributed by atoms with Crippen LogP contribution in [0, 0.1) is 0 Å². The second-order valence-corrected chi connectivity index (χ2v) is 3.16. The van der Waals surface area contributed by atoms with E-state index < -0.39 is 0 Å². The summed E-state index contributed by atoms with van der Waals surface area (Å²) in [6, 6.07) is 0. The van der Waals surface area contributed by atoms with Gasteiger partial charge in [-0.25, -0.2) is 4.42 Å². The Morgan fingerprint density at radius 1 is 1.50 bits per heavy atom. The first-order valence-corrected chi connectivity index (χ1v) is 4.64. The predicted octanol–water partition coefficient (Wildman–Crippen LogP) is 2.29. The van der Waals surface area contributed by atoms with Crippen LogP contribution in [-0.4, -0.2) is 21.9 Å². The fourth-order valence-electron chi connectivity index (χ4n) is 0.446. The zero-order valence-electron chi connectivity index (χ0n) is 5.03. The lowest BCUT2D eigenvalue weighted by Gasteiger charge is -2.08. The van der Waals surface area contributed by atoms with E-state index in [2.05, 4.69) is 29.5 Å². The lowest BCUT2D eigenvalue weighted by atomic mass is 10.5. The van der Waals surface area contributed by atoms with Crippen molar-refractivity contribution >= 4 is 34.4 Å². The molecule has 0 aromatic heterocycles. The number of rotatable bonds is 4. The van der Waals surface area contributed by atoms with Crippen LogP contribution in [0.2, 0.25) is 0 Å². The van der Waals surface area contributed by atoms with Crippen LogP contribution in [-0.2, 0) is 0 Å². The molecule has 0 aliphatic heterocycles. The van der Waals surface area contributed by atoms with Crippen molar-refractivity contribution in [2.24, 2.45) is 0 Å². The minimum atomic E-state index is 0.996. The molecule has 0 fully saturated rings. The van der Waals surface area contributed by atoms with Gasteiger partial charge in [0.1, 0.15) is 0 Å². The van der Waals surface area contributed by atoms with Gasteiger partial charge in [0, 0.05) is 17.5 Å². The highest BCUT2D eigenvalue weighted by molar-refractivity contribution is 14.1. The molecule has 0 heterocycles. The van der Waals surface area contributed by atoms with Crippen molar-refractivity contribution in [2.75, 3.05) is 17.5 Å². The van der Waals surface area contributed by atoms with Crippen LogP contribution in [0.15, 0.2) is 0 Å². The summed E-state index contributed by atoms with van der Waals surface area (Å²) in [5.74, 6) is 0. The van der Waals surface area contributed by atoms with Crippen molar-refractivity contribution in [1.82, 2.24) is 4.42 Å². The molecule has 0 aromatic rings. The van der Waals surface area contributed by atoms with E-state index in [1.165, 1.54) is 0 Å². The minimum Gasteiger partial charge on any atom is -0.219 e. The van der Waals surface area contributed by atoms with E-state index in [4.69, 9.17) is 11.8 Å². The largest absolute Gasteiger partial charge is 0.219 e. The summed E-state index contributed by atoms with van der Waals surface area (Å²) in [6.07, 6.45) is 1.14. The van der Waals surface area contributed by atoms with E-state index in [1.807, 2.05) is 4.42 Å². The molecule has 8 heavy (non-hydrogen) atoms. The van der Waals surface area contributed by atoms with Gasteiger partial charge in [0.2, 0.25) is 0 Å². The van der Waals surface area contributed by atoms with Crippen LogP contribution in [0.5, 0.6) is 0 Å². The van der Waals surface area contributed by atoms with Crippen LogP contribution >= 0.6 is 34.4 Å². The third-order valence-corrected chi connectivity index (χ3v) is 1.61. The number of nitrogens with zero attached hydrogens (tertiary/aromatic N) is 1. The molecule has 0 saturated carbocycles. The maximum atomic E-state index is 5.71. The standard InChI is InChI=1S/C5H11ClIN/c1-2-4-8(6)5-3-7/h2-5H2,1H3. The molecule has 3 heteroatoms. The van der Waals surface area contributed by atoms with Crippen molar-refractivity contribution in [3.63, 3.8) is 0 Å². The predicted molar refractivity (Wildman–Crippen MR) is 46.6 cm³/mol. The Bertz CT molecular complexity index is 45.7. The van der Waals surface area contributed by atoms with Gasteiger partial charge in [-0.3, -0.25) is 0 Å². The van der Waals surface area contributed by atoms with Gasteiger partial charge < -0.3 is 0 Å². The van der Waals surface area contributed by atoms with E-state index in [-0.39, 0.29) is 0 Å². The minimum absolute atomic E-state index is 0.996. The molecule has 1 nitrogen and oxygen atoms in total. The van der Waals surface area contributed by atoms with E-state index in [0.29, 0.717) is 0 Å². The Morgan fingerprint density at radius 2 is 2.12 bits per heavy atom. The Balaban J connectivity index is 2.92. The highest BCUT2D eigenvalue weighted by Gasteiger charge is 1.93. The summed E-state index contributed by atoms with van der Waals surface area (Å²) in [4.78, 5) is 0. The Morgan fingerprint density at radius 3 is 2.50 bits per heavy atom. The van der Waals surface area contributed by atoms with Gasteiger partial charge in [0.15, 0.2) is 0 Å². The first-order valence-electron chi connectivity index (χ1n) is 2.78. The lowest BCUT2D eigenvalue weighted by molar-refractivity contribution is 0.483. The average molecular weight is 248 g/mol. The first kappa shape index (κ1) is 8.98. The molecule has 0 amide bonds. The third-order valence-electron chi connectivity index (χ3n) is 0.793. The van der Waals surface area contributed by atoms with Gasteiger partial charge in [-0.2, -0.15) is 0 Å². The van der Waals surface area contributed by atoms with Crippen molar-refractivity contribution in [2.45, 2.75) is 13.3 Å². The SMILES string of the molecule is CCCN(Cl)CCI. The summed E-state index contributed by atoms with van der Waals surface area (Å²) in [5.41, 5.74) is 0. The smallest absolute Gasteiger partial charge is 0.0228 e. The lowest BCUT2D eigenvalue weighted by Crippen LogP contribution is -2.14. The van der Waals surface area contributed by atoms with Crippen molar-refractivity contribution in [3.8, 4) is 0 Å². The second kappa shape index (κ2) is 6.11. The summed E-state index contributed by atoms with van der Waals surface area (Å²) in [7, 11) is 0. The van der Waals surface area contributed by atoms with Gasteiger partial charge in [-0.15, -0.1) is 0 Å². The molecule has 0 unspecified atom stereocenters. The van der Waals surface area contributed by atoms with Gasteiger partial charge in [0.05, 0.1) is 0 Å². The van der Waals surface area contributed by atoms with Crippen LogP contribution in [0.4, 0.5) is 0 Å². The molecule has 0 atom stereocenters. The molecule has 0 aliphatic carbocycles. The van der Waals surface area contributed by atoms with Crippen molar-refractivity contribution in [1.29, 1.82) is 0 Å². The molecule has 0 rings (SSSR count). The third kappa shape index (κ3) is 5.12. The van der Waals surface area contributed by atoms with Gasteiger partial charge >= 0.3 is 0 Å². The topological polar surface area (TPSA) is 3.24 Å². The van der Waals surface area contributed by atoms with Gasteiger partial charge in [-0.1, -0.05) is 29.5 Å². The van der Waals surface area contributed by atoms with Crippen LogP contribution in [0.3, 0.4) is 0 Å². The van der Waals surface area contributed by atoms with Crippen LogP contribution < -0.4 is 0 Å². The van der Waals surface area contributed by atoms with Gasteiger partial charge in [-0.05, 0) is 18.2 Å². The highest BCUT2D eigenvalue weighted by Crippen LogP contribution is 1.96. The molecule has 0 aromatic carbocycles. The van der Waals surface area contributed by atoms with E-state index in [0.717, 1.165) is 23.9 Å². The Kier molecular flexibility index (Phi) is 6.85. The first-order chi connectivity index (χ1) is 3.81. The summed E-state index contributed by atoms with van der Waals surface area (Å²) in [5, 5.41) is 0. The number of alkyl halides is 1. The molecule has 50 valence electrons. The normalized spacial score (nSPS) is 10.5. The van der Waals surface area contributed by atoms with Crippen molar-refractivity contribution < 1.29 is 0 Å². The molecule has 0 N–H and O–H groups in total. The zero-order valence-corrected chi connectivity index (χ0v) is 7.94. The molecular formula is C5H11ClIN. The quantitative estimate of drug-likeness (QED) is 0.419. The maximum absolute atomic E-state index is 5.71. The van der Waals surface area contributed by atoms with E-state index >= 15 is 0 Å². The number of hydrogen-bond acceptors (Lipinski definition) is 1. The molecule has 0 saturated heterocycles. The average Bonchev–Trinajstić information content (AvgIpc) is 1.68. The van der Waals surface area contributed by atoms with Crippen LogP contribution in [0.1, 0.15) is 13.3 Å². The summed E-state index contributed by atoms with van der Waals surface area (Å²) in [6.45, 7) is 4.13. The fourth-order valence-corrected chi connectivity index (χ4v) is 1.57. The van der Waals surface area contributed by atoms with Gasteiger partial charge in [0.25, 0.3) is 0 Å². The van der Waals surface area contributed by atoms with Crippen molar-refractivity contribution in [3.05, 3.63) is 0 Å². The zero-order chi connectivity index (χ0) is 6.41. The molecule has 0 radical (unpaired) electrons. The van der Waals surface area contributed by atoms with Crippen LogP contribution in [0.25, 0.3) is 0 Å². The van der Waals surface area contributed by atoms with E-state index in [1.54, 1.807) is 0 Å². The summed E-state index contributed by atoms with van der Waals surface area (Å²) >= 11 is 8.03. The molecule has 0 aliphatic rings. The van der Waals surface area contributed by atoms with E-state index in [9.17, 15) is 0 Å². The molecular weight excluding hydrogens is 236 g/mol. The highest BCUT2D eigenvalue weighted by atomic mass is 127. The molecule has 0 bridgehead atoms. The Labute approximate surface area is 69.6 Å². The monoisotopic (exact) mass is 247 g/mol. The molecule has 0 spiro atoms. The maximum Gasteiger partial charge on any atom is 0.0228 e.